The SMILES string of the molecule is O=C(COc1ccccc1F)N1CCC(Oc2nc3c(F)cc(F)cc3s2)CC1. The number of amides is 1. The normalized spacial score (nSPS) is 14.9. The van der Waals surface area contributed by atoms with Crippen molar-refractivity contribution in [2.75, 3.05) is 19.7 Å². The zero-order valence-electron chi connectivity index (χ0n) is 15.2. The molecule has 9 heteroatoms. The van der Waals surface area contributed by atoms with E-state index >= 15 is 0 Å². The lowest BCUT2D eigenvalue weighted by Crippen LogP contribution is -2.43. The Bertz CT molecular complexity index is 1030. The number of fused-ring (bicyclic) bond motifs is 1. The van der Waals surface area contributed by atoms with Crippen molar-refractivity contribution in [2.45, 2.75) is 18.9 Å². The van der Waals surface area contributed by atoms with Gasteiger partial charge in [0, 0.05) is 32.0 Å². The summed E-state index contributed by atoms with van der Waals surface area (Å²) in [5.74, 6) is -2.08. The first-order valence-electron chi connectivity index (χ1n) is 9.07. The number of hydrogen-bond donors (Lipinski definition) is 0. The summed E-state index contributed by atoms with van der Waals surface area (Å²) in [4.78, 5) is 18.0. The number of aromatic nitrogens is 1. The molecule has 0 atom stereocenters. The Hall–Kier alpha value is -2.81. The number of nitrogens with zero attached hydrogens (tertiary/aromatic N) is 2. The van der Waals surface area contributed by atoms with Crippen molar-refractivity contribution < 1.29 is 27.4 Å². The van der Waals surface area contributed by atoms with Crippen molar-refractivity contribution in [1.29, 1.82) is 0 Å². The van der Waals surface area contributed by atoms with Gasteiger partial charge in [0.1, 0.15) is 17.4 Å². The van der Waals surface area contributed by atoms with Gasteiger partial charge in [0.05, 0.1) is 4.70 Å². The largest absolute Gasteiger partial charge is 0.481 e. The summed E-state index contributed by atoms with van der Waals surface area (Å²) < 4.78 is 52.1. The Labute approximate surface area is 168 Å². The maximum atomic E-state index is 13.8. The molecule has 0 aliphatic carbocycles. The lowest BCUT2D eigenvalue weighted by molar-refractivity contribution is -0.135. The molecule has 3 aromatic rings. The summed E-state index contributed by atoms with van der Waals surface area (Å²) in [6.07, 6.45) is 0.955. The molecule has 2 heterocycles. The minimum atomic E-state index is -0.721. The van der Waals surface area contributed by atoms with Gasteiger partial charge in [-0.1, -0.05) is 23.5 Å². The Balaban J connectivity index is 1.30. The predicted octanol–water partition coefficient (Wildman–Crippen LogP) is 4.16. The van der Waals surface area contributed by atoms with Crippen LogP contribution in [0.5, 0.6) is 10.9 Å². The molecule has 1 aromatic heterocycles. The van der Waals surface area contributed by atoms with E-state index in [2.05, 4.69) is 4.98 Å². The van der Waals surface area contributed by atoms with Gasteiger partial charge in [0.25, 0.3) is 11.1 Å². The summed E-state index contributed by atoms with van der Waals surface area (Å²) in [7, 11) is 0. The molecular formula is C20H17F3N2O3S. The van der Waals surface area contributed by atoms with E-state index in [1.54, 1.807) is 17.0 Å². The Morgan fingerprint density at radius 2 is 1.90 bits per heavy atom. The van der Waals surface area contributed by atoms with Gasteiger partial charge in [0.2, 0.25) is 0 Å². The maximum absolute atomic E-state index is 13.8. The van der Waals surface area contributed by atoms with Crippen LogP contribution < -0.4 is 9.47 Å². The van der Waals surface area contributed by atoms with Crippen LogP contribution in [0.4, 0.5) is 13.2 Å². The van der Waals surface area contributed by atoms with E-state index in [9.17, 15) is 18.0 Å². The van der Waals surface area contributed by atoms with Crippen molar-refractivity contribution in [3.05, 3.63) is 53.8 Å². The van der Waals surface area contributed by atoms with E-state index < -0.39 is 17.5 Å². The molecule has 2 aromatic carbocycles. The highest BCUT2D eigenvalue weighted by Crippen LogP contribution is 2.32. The fourth-order valence-corrected chi connectivity index (χ4v) is 4.07. The van der Waals surface area contributed by atoms with E-state index in [1.807, 2.05) is 0 Å². The number of benzene rings is 2. The number of ether oxygens (including phenoxy) is 2. The Morgan fingerprint density at radius 1 is 1.14 bits per heavy atom. The van der Waals surface area contributed by atoms with Gasteiger partial charge < -0.3 is 14.4 Å². The Kier molecular flexibility index (Phi) is 5.57. The smallest absolute Gasteiger partial charge is 0.274 e. The van der Waals surface area contributed by atoms with Crippen LogP contribution in [0.3, 0.4) is 0 Å². The first-order chi connectivity index (χ1) is 14.0. The third-order valence-electron chi connectivity index (χ3n) is 4.64. The standard InChI is InChI=1S/C20H17F3N2O3S/c21-12-9-15(23)19-17(10-12)29-20(24-19)28-13-5-7-25(8-6-13)18(26)11-27-16-4-2-1-3-14(16)22/h1-4,9-10,13H,5-8,11H2. The highest BCUT2D eigenvalue weighted by Gasteiger charge is 2.25. The highest BCUT2D eigenvalue weighted by molar-refractivity contribution is 7.20. The number of halogens is 3. The third-order valence-corrected chi connectivity index (χ3v) is 5.54. The second kappa shape index (κ2) is 8.28. The lowest BCUT2D eigenvalue weighted by atomic mass is 10.1. The molecular weight excluding hydrogens is 405 g/mol. The average Bonchev–Trinajstić information content (AvgIpc) is 3.10. The van der Waals surface area contributed by atoms with Crippen molar-refractivity contribution in [3.63, 3.8) is 0 Å². The predicted molar refractivity (Wildman–Crippen MR) is 102 cm³/mol. The third kappa shape index (κ3) is 4.45. The number of piperidine rings is 1. The van der Waals surface area contributed by atoms with Gasteiger partial charge in [-0.05, 0) is 18.2 Å². The Morgan fingerprint density at radius 3 is 2.66 bits per heavy atom. The van der Waals surface area contributed by atoms with E-state index in [-0.39, 0.29) is 35.1 Å². The molecule has 152 valence electrons. The van der Waals surface area contributed by atoms with Crippen LogP contribution in [0.1, 0.15) is 12.8 Å². The van der Waals surface area contributed by atoms with Crippen molar-refractivity contribution >= 4 is 27.5 Å². The monoisotopic (exact) mass is 422 g/mol. The highest BCUT2D eigenvalue weighted by atomic mass is 32.1. The van der Waals surface area contributed by atoms with Gasteiger partial charge in [-0.2, -0.15) is 4.98 Å². The summed E-state index contributed by atoms with van der Waals surface area (Å²) in [6.45, 7) is 0.672. The minimum Gasteiger partial charge on any atom is -0.481 e. The summed E-state index contributed by atoms with van der Waals surface area (Å²) in [5.41, 5.74) is 0.0873. The summed E-state index contributed by atoms with van der Waals surface area (Å²) in [6, 6.07) is 7.93. The quantitative estimate of drug-likeness (QED) is 0.620. The number of thiazole rings is 1. The molecule has 0 radical (unpaired) electrons. The summed E-state index contributed by atoms with van der Waals surface area (Å²) >= 11 is 1.08. The van der Waals surface area contributed by atoms with Crippen LogP contribution in [0.15, 0.2) is 36.4 Å². The number of rotatable bonds is 5. The van der Waals surface area contributed by atoms with Gasteiger partial charge >= 0.3 is 0 Å². The molecule has 4 rings (SSSR count). The van der Waals surface area contributed by atoms with E-state index in [0.29, 0.717) is 30.6 Å². The van der Waals surface area contributed by atoms with Gasteiger partial charge in [-0.15, -0.1) is 0 Å². The molecule has 0 spiro atoms. The number of carbonyl (C=O) groups excluding carboxylic acids is 1. The second-order valence-corrected chi connectivity index (χ2v) is 7.62. The molecule has 1 aliphatic rings. The van der Waals surface area contributed by atoms with Crippen molar-refractivity contribution in [1.82, 2.24) is 9.88 Å². The zero-order chi connectivity index (χ0) is 20.4. The van der Waals surface area contributed by atoms with Gasteiger partial charge in [-0.3, -0.25) is 4.79 Å². The first-order valence-corrected chi connectivity index (χ1v) is 9.88. The molecule has 5 nitrogen and oxygen atoms in total. The summed E-state index contributed by atoms with van der Waals surface area (Å²) in [5, 5.41) is 0.275. The lowest BCUT2D eigenvalue weighted by Gasteiger charge is -2.31. The molecule has 1 saturated heterocycles. The molecule has 0 bridgehead atoms. The average molecular weight is 422 g/mol. The molecule has 1 aliphatic heterocycles. The number of carbonyl (C=O) groups is 1. The number of hydrogen-bond acceptors (Lipinski definition) is 5. The zero-order valence-corrected chi connectivity index (χ0v) is 16.1. The van der Waals surface area contributed by atoms with Crippen LogP contribution in [-0.2, 0) is 4.79 Å². The molecule has 0 unspecified atom stereocenters. The van der Waals surface area contributed by atoms with Crippen molar-refractivity contribution in [2.24, 2.45) is 0 Å². The molecule has 1 fully saturated rings. The van der Waals surface area contributed by atoms with Crippen molar-refractivity contribution in [3.8, 4) is 10.9 Å². The minimum absolute atomic E-state index is 0.0403. The number of para-hydroxylation sites is 1. The second-order valence-electron chi connectivity index (χ2n) is 6.63. The van der Waals surface area contributed by atoms with Crippen LogP contribution >= 0.6 is 11.3 Å². The molecule has 29 heavy (non-hydrogen) atoms. The molecule has 1 amide bonds. The van der Waals surface area contributed by atoms with Crippen LogP contribution in [0, 0.1) is 17.5 Å². The number of likely N-dealkylation sites (tertiary alicyclic amines) is 1. The molecule has 0 N–H and O–H groups in total. The fraction of sp³-hybridized carbons (Fsp3) is 0.300. The van der Waals surface area contributed by atoms with Gasteiger partial charge in [-0.25, -0.2) is 13.2 Å². The first kappa shape index (κ1) is 19.5. The van der Waals surface area contributed by atoms with Gasteiger partial charge in [0.15, 0.2) is 24.0 Å². The topological polar surface area (TPSA) is 51.7 Å². The molecule has 0 saturated carbocycles. The fourth-order valence-electron chi connectivity index (χ4n) is 3.15. The van der Waals surface area contributed by atoms with E-state index in [4.69, 9.17) is 9.47 Å². The van der Waals surface area contributed by atoms with Crippen LogP contribution in [-0.4, -0.2) is 41.6 Å². The van der Waals surface area contributed by atoms with E-state index in [1.165, 1.54) is 18.2 Å². The van der Waals surface area contributed by atoms with Crippen LogP contribution in [0.2, 0.25) is 0 Å². The van der Waals surface area contributed by atoms with Crippen LogP contribution in [0.25, 0.3) is 10.2 Å². The maximum Gasteiger partial charge on any atom is 0.274 e. The van der Waals surface area contributed by atoms with E-state index in [0.717, 1.165) is 17.4 Å².